The van der Waals surface area contributed by atoms with Gasteiger partial charge < -0.3 is 16.6 Å². The molecule has 106 valence electrons. The average molecular weight is 271 g/mol. The van der Waals surface area contributed by atoms with Crippen molar-refractivity contribution in [1.82, 2.24) is 4.98 Å². The number of aromatic nitrogens is 1. The highest BCUT2D eigenvalue weighted by Crippen LogP contribution is 2.15. The predicted molar refractivity (Wildman–Crippen MR) is 68.1 cm³/mol. The molecule has 1 aromatic heterocycles. The first kappa shape index (κ1) is 17.0. The van der Waals surface area contributed by atoms with Gasteiger partial charge in [0.05, 0.1) is 0 Å². The van der Waals surface area contributed by atoms with E-state index in [2.05, 4.69) is 4.98 Å². The van der Waals surface area contributed by atoms with Gasteiger partial charge in [-0.2, -0.15) is 0 Å². The number of nitrogens with two attached hydrogens (primary N) is 2. The van der Waals surface area contributed by atoms with Gasteiger partial charge in [-0.25, -0.2) is 4.39 Å². The molecule has 1 rings (SSSR count). The second kappa shape index (κ2) is 7.42. The number of primary amides is 1. The quantitative estimate of drug-likeness (QED) is 0.741. The molecule has 5 N–H and O–H groups in total. The lowest BCUT2D eigenvalue weighted by molar-refractivity contribution is -0.138. The Hall–Kier alpha value is -2.02. The average Bonchev–Trinajstić information content (AvgIpc) is 2.36. The normalized spacial score (nSPS) is 11.2. The van der Waals surface area contributed by atoms with Crippen LogP contribution in [0.25, 0.3) is 0 Å². The molecular weight excluding hydrogens is 253 g/mol. The molecule has 0 saturated carbocycles. The summed E-state index contributed by atoms with van der Waals surface area (Å²) in [6, 6.07) is -1.22. The van der Waals surface area contributed by atoms with Gasteiger partial charge >= 0.3 is 5.97 Å². The van der Waals surface area contributed by atoms with Crippen molar-refractivity contribution < 1.29 is 19.1 Å². The van der Waals surface area contributed by atoms with Crippen molar-refractivity contribution in [2.24, 2.45) is 11.5 Å². The Morgan fingerprint density at radius 2 is 2.00 bits per heavy atom. The van der Waals surface area contributed by atoms with E-state index in [9.17, 15) is 14.0 Å². The van der Waals surface area contributed by atoms with Crippen LogP contribution in [0.4, 0.5) is 4.39 Å². The number of halogens is 1. The van der Waals surface area contributed by atoms with Crippen molar-refractivity contribution in [3.63, 3.8) is 0 Å². The molecule has 0 fully saturated rings. The minimum Gasteiger partial charge on any atom is -0.480 e. The molecule has 1 heterocycles. The van der Waals surface area contributed by atoms with E-state index >= 15 is 0 Å². The fraction of sp³-hybridized carbons (Fsp3) is 0.417. The standard InChI is InChI=1S/C10H12FN3O3.C2H6/c1-4-7(11)5(2-6(12)10(16)17)3-14-8(4)9(13)15;1-2/h3,6H,2,12H2,1H3,(H2,13,15)(H,16,17);1-2H3. The van der Waals surface area contributed by atoms with E-state index in [-0.39, 0.29) is 23.2 Å². The number of carboxylic acid groups (broad SMARTS) is 1. The molecule has 1 aromatic rings. The van der Waals surface area contributed by atoms with Crippen molar-refractivity contribution in [2.75, 3.05) is 0 Å². The summed E-state index contributed by atoms with van der Waals surface area (Å²) < 4.78 is 13.7. The second-order valence-electron chi connectivity index (χ2n) is 3.58. The number of amides is 1. The van der Waals surface area contributed by atoms with Crippen LogP contribution in [0.2, 0.25) is 0 Å². The third-order valence-electron chi connectivity index (χ3n) is 2.31. The number of carbonyl (C=O) groups is 2. The molecule has 0 aromatic carbocycles. The monoisotopic (exact) mass is 271 g/mol. The maximum atomic E-state index is 13.7. The van der Waals surface area contributed by atoms with E-state index in [4.69, 9.17) is 16.6 Å². The second-order valence-corrected chi connectivity index (χ2v) is 3.58. The third-order valence-corrected chi connectivity index (χ3v) is 2.31. The Kier molecular flexibility index (Phi) is 6.63. The fourth-order valence-corrected chi connectivity index (χ4v) is 1.36. The first-order valence-electron chi connectivity index (χ1n) is 5.76. The highest BCUT2D eigenvalue weighted by Gasteiger charge is 2.19. The summed E-state index contributed by atoms with van der Waals surface area (Å²) in [6.45, 7) is 5.35. The van der Waals surface area contributed by atoms with Gasteiger partial charge in [-0.3, -0.25) is 14.6 Å². The van der Waals surface area contributed by atoms with Gasteiger partial charge in [0.1, 0.15) is 17.6 Å². The molecule has 0 radical (unpaired) electrons. The molecule has 0 saturated heterocycles. The lowest BCUT2D eigenvalue weighted by Gasteiger charge is -2.10. The van der Waals surface area contributed by atoms with Crippen LogP contribution in [-0.2, 0) is 11.2 Å². The summed E-state index contributed by atoms with van der Waals surface area (Å²) in [5.41, 5.74) is 10.1. The molecule has 0 aliphatic rings. The molecule has 0 aliphatic heterocycles. The summed E-state index contributed by atoms with van der Waals surface area (Å²) in [6.07, 6.45) is 0.874. The third kappa shape index (κ3) is 4.29. The van der Waals surface area contributed by atoms with Crippen molar-refractivity contribution in [3.8, 4) is 0 Å². The Morgan fingerprint density at radius 1 is 1.47 bits per heavy atom. The van der Waals surface area contributed by atoms with Crippen LogP contribution in [0.1, 0.15) is 35.5 Å². The molecule has 19 heavy (non-hydrogen) atoms. The zero-order chi connectivity index (χ0) is 15.2. The van der Waals surface area contributed by atoms with Gasteiger partial charge in [0, 0.05) is 23.7 Å². The number of carboxylic acids is 1. The van der Waals surface area contributed by atoms with Crippen LogP contribution in [0.15, 0.2) is 6.20 Å². The van der Waals surface area contributed by atoms with Gasteiger partial charge in [0.15, 0.2) is 0 Å². The molecule has 0 spiro atoms. The first-order valence-corrected chi connectivity index (χ1v) is 5.76. The molecule has 1 unspecified atom stereocenters. The number of nitrogens with zero attached hydrogens (tertiary/aromatic N) is 1. The van der Waals surface area contributed by atoms with Gasteiger partial charge in [0.2, 0.25) is 0 Å². The number of pyridine rings is 1. The summed E-state index contributed by atoms with van der Waals surface area (Å²) in [5.74, 6) is -2.78. The van der Waals surface area contributed by atoms with Gasteiger partial charge in [-0.05, 0) is 6.92 Å². The highest BCUT2D eigenvalue weighted by atomic mass is 19.1. The summed E-state index contributed by atoms with van der Waals surface area (Å²) >= 11 is 0. The Morgan fingerprint density at radius 3 is 2.42 bits per heavy atom. The number of rotatable bonds is 4. The predicted octanol–water partition coefficient (Wildman–Crippen LogP) is 0.609. The van der Waals surface area contributed by atoms with Crippen LogP contribution in [0.3, 0.4) is 0 Å². The van der Waals surface area contributed by atoms with Crippen LogP contribution in [0.5, 0.6) is 0 Å². The minimum atomic E-state index is -1.24. The van der Waals surface area contributed by atoms with Crippen molar-refractivity contribution in [3.05, 3.63) is 28.8 Å². The molecule has 1 atom stereocenters. The van der Waals surface area contributed by atoms with E-state index in [0.29, 0.717) is 0 Å². The van der Waals surface area contributed by atoms with Crippen LogP contribution in [-0.4, -0.2) is 28.0 Å². The highest BCUT2D eigenvalue weighted by molar-refractivity contribution is 5.92. The molecule has 0 aliphatic carbocycles. The maximum absolute atomic E-state index is 13.7. The minimum absolute atomic E-state index is 0.00686. The molecule has 0 bridgehead atoms. The summed E-state index contributed by atoms with van der Waals surface area (Å²) in [7, 11) is 0. The van der Waals surface area contributed by atoms with E-state index in [1.54, 1.807) is 0 Å². The van der Waals surface area contributed by atoms with E-state index < -0.39 is 23.7 Å². The first-order chi connectivity index (χ1) is 8.84. The fourth-order valence-electron chi connectivity index (χ4n) is 1.36. The van der Waals surface area contributed by atoms with Gasteiger partial charge in [0.25, 0.3) is 5.91 Å². The van der Waals surface area contributed by atoms with Gasteiger partial charge in [-0.1, -0.05) is 13.8 Å². The lowest BCUT2D eigenvalue weighted by atomic mass is 10.0. The van der Waals surface area contributed by atoms with Gasteiger partial charge in [-0.15, -0.1) is 0 Å². The van der Waals surface area contributed by atoms with Crippen LogP contribution < -0.4 is 11.5 Å². The number of hydrogen-bond donors (Lipinski definition) is 3. The van der Waals surface area contributed by atoms with E-state index in [1.807, 2.05) is 13.8 Å². The zero-order valence-corrected chi connectivity index (χ0v) is 11.1. The summed E-state index contributed by atoms with van der Waals surface area (Å²) in [5, 5.41) is 8.60. The topological polar surface area (TPSA) is 119 Å². The Labute approximate surface area is 110 Å². The number of hydrogen-bond acceptors (Lipinski definition) is 4. The van der Waals surface area contributed by atoms with E-state index in [1.165, 1.54) is 6.92 Å². The smallest absolute Gasteiger partial charge is 0.320 e. The van der Waals surface area contributed by atoms with E-state index in [0.717, 1.165) is 6.20 Å². The largest absolute Gasteiger partial charge is 0.480 e. The van der Waals surface area contributed by atoms with Crippen molar-refractivity contribution in [2.45, 2.75) is 33.2 Å². The van der Waals surface area contributed by atoms with Crippen LogP contribution in [0, 0.1) is 12.7 Å². The molecule has 7 heteroatoms. The Bertz CT molecular complexity index is 478. The van der Waals surface area contributed by atoms with Crippen molar-refractivity contribution >= 4 is 11.9 Å². The molecule has 1 amide bonds. The number of carbonyl (C=O) groups excluding carboxylic acids is 1. The molecule has 6 nitrogen and oxygen atoms in total. The Balaban J connectivity index is 0.00000154. The van der Waals surface area contributed by atoms with Crippen LogP contribution >= 0.6 is 0 Å². The SMILES string of the molecule is CC.Cc1c(C(N)=O)ncc(CC(N)C(=O)O)c1F. The molecular formula is C12H18FN3O3. The lowest BCUT2D eigenvalue weighted by Crippen LogP contribution is -2.32. The number of aliphatic carboxylic acids is 1. The zero-order valence-electron chi connectivity index (χ0n) is 11.1. The van der Waals surface area contributed by atoms with Crippen molar-refractivity contribution in [1.29, 1.82) is 0 Å². The summed E-state index contributed by atoms with van der Waals surface area (Å²) in [4.78, 5) is 25.1. The maximum Gasteiger partial charge on any atom is 0.320 e.